The fourth-order valence-corrected chi connectivity index (χ4v) is 3.99. The molecule has 1 aliphatic heterocycles. The topological polar surface area (TPSA) is 0 Å². The monoisotopic (exact) mass is 268 g/mol. The first-order chi connectivity index (χ1) is 8.55. The number of benzene rings is 1. The Morgan fingerprint density at radius 2 is 1.83 bits per heavy atom. The molecule has 2 bridgehead atoms. The van der Waals surface area contributed by atoms with Crippen molar-refractivity contribution in [1.29, 1.82) is 0 Å². The fourth-order valence-electron chi connectivity index (χ4n) is 2.49. The maximum Gasteiger partial charge on any atom is 0.417 e. The summed E-state index contributed by atoms with van der Waals surface area (Å²) in [7, 11) is 0. The Morgan fingerprint density at radius 3 is 2.33 bits per heavy atom. The maximum absolute atomic E-state index is 13.3. The molecule has 0 aromatic heterocycles. The number of hydrogen-bond donors (Lipinski definition) is 0. The van der Waals surface area contributed by atoms with Gasteiger partial charge >= 0.3 is 6.18 Å². The average molecular weight is 268 g/mol. The predicted molar refractivity (Wildman–Crippen MR) is 68.0 cm³/mol. The molecule has 4 heteroatoms. The first-order valence-corrected chi connectivity index (χ1v) is 6.65. The van der Waals surface area contributed by atoms with Gasteiger partial charge in [0.25, 0.3) is 0 Å². The van der Waals surface area contributed by atoms with Crippen LogP contribution < -0.4 is 0 Å². The van der Waals surface area contributed by atoms with Crippen LogP contribution in [0.15, 0.2) is 47.4 Å². The summed E-state index contributed by atoms with van der Waals surface area (Å²) < 4.78 is 39.9. The molecule has 2 aliphatic rings. The maximum atomic E-state index is 13.3. The van der Waals surface area contributed by atoms with Crippen LogP contribution in [0.5, 0.6) is 0 Å². The van der Waals surface area contributed by atoms with E-state index in [9.17, 15) is 13.2 Å². The highest BCUT2D eigenvalue weighted by Gasteiger charge is 2.43. The van der Waals surface area contributed by atoms with Gasteiger partial charge in [-0.05, 0) is 12.0 Å². The Labute approximate surface area is 108 Å². The van der Waals surface area contributed by atoms with E-state index in [4.69, 9.17) is 0 Å². The Kier molecular flexibility index (Phi) is 2.77. The first-order valence-electron chi connectivity index (χ1n) is 5.77. The van der Waals surface area contributed by atoms with Crippen LogP contribution in [0, 0.1) is 5.92 Å². The van der Waals surface area contributed by atoms with Gasteiger partial charge in [-0.2, -0.15) is 13.2 Å². The van der Waals surface area contributed by atoms with E-state index in [1.54, 1.807) is 18.2 Å². The second-order valence-corrected chi connectivity index (χ2v) is 5.77. The van der Waals surface area contributed by atoms with Gasteiger partial charge in [-0.15, -0.1) is 11.8 Å². The lowest BCUT2D eigenvalue weighted by molar-refractivity contribution is -0.0693. The highest BCUT2D eigenvalue weighted by atomic mass is 32.2. The van der Waals surface area contributed by atoms with Gasteiger partial charge in [0.1, 0.15) is 0 Å². The molecule has 1 fully saturated rings. The van der Waals surface area contributed by atoms with Crippen LogP contribution in [0.25, 0.3) is 5.57 Å². The summed E-state index contributed by atoms with van der Waals surface area (Å²) in [6, 6.07) is 8.10. The molecule has 0 spiro atoms. The van der Waals surface area contributed by atoms with Crippen LogP contribution in [0.3, 0.4) is 0 Å². The lowest BCUT2D eigenvalue weighted by Gasteiger charge is -2.18. The van der Waals surface area contributed by atoms with Crippen molar-refractivity contribution >= 4 is 17.3 Å². The van der Waals surface area contributed by atoms with E-state index in [1.165, 1.54) is 23.9 Å². The second kappa shape index (κ2) is 4.19. The average Bonchev–Trinajstić information content (AvgIpc) is 2.91. The smallest absolute Gasteiger partial charge is 0.166 e. The normalized spacial score (nSPS) is 28.8. The zero-order valence-electron chi connectivity index (χ0n) is 9.45. The molecule has 94 valence electrons. The van der Waals surface area contributed by atoms with Crippen molar-refractivity contribution in [3.05, 3.63) is 53.0 Å². The summed E-state index contributed by atoms with van der Waals surface area (Å²) in [6.07, 6.45) is 0.442. The molecular weight excluding hydrogens is 257 g/mol. The molecule has 3 rings (SSSR count). The fraction of sp³-hybridized carbons (Fsp3) is 0.286. The van der Waals surface area contributed by atoms with Gasteiger partial charge in [0.15, 0.2) is 0 Å². The van der Waals surface area contributed by atoms with Crippen LogP contribution in [-0.2, 0) is 0 Å². The molecule has 1 aliphatic carbocycles. The van der Waals surface area contributed by atoms with Gasteiger partial charge in [0.2, 0.25) is 0 Å². The number of alkyl halides is 3. The largest absolute Gasteiger partial charge is 0.417 e. The zero-order chi connectivity index (χ0) is 12.8. The molecule has 18 heavy (non-hydrogen) atoms. The quantitative estimate of drug-likeness (QED) is 0.668. The van der Waals surface area contributed by atoms with Gasteiger partial charge in [0.05, 0.1) is 5.57 Å². The molecule has 1 aromatic rings. The van der Waals surface area contributed by atoms with E-state index in [0.29, 0.717) is 4.91 Å². The molecule has 1 heterocycles. The van der Waals surface area contributed by atoms with E-state index in [1.807, 2.05) is 12.2 Å². The van der Waals surface area contributed by atoms with Crippen molar-refractivity contribution in [2.24, 2.45) is 5.92 Å². The number of fused-ring (bicyclic) bond motifs is 2. The third-order valence-corrected chi connectivity index (χ3v) is 4.66. The Bertz CT molecular complexity index is 514. The zero-order valence-corrected chi connectivity index (χ0v) is 10.3. The van der Waals surface area contributed by atoms with Crippen molar-refractivity contribution < 1.29 is 13.2 Å². The van der Waals surface area contributed by atoms with Crippen LogP contribution in [0.4, 0.5) is 13.2 Å². The Balaban J connectivity index is 2.13. The summed E-state index contributed by atoms with van der Waals surface area (Å²) >= 11 is 1.36. The minimum Gasteiger partial charge on any atom is -0.166 e. The Morgan fingerprint density at radius 1 is 1.11 bits per heavy atom. The molecule has 0 unspecified atom stereocenters. The van der Waals surface area contributed by atoms with Crippen molar-refractivity contribution in [1.82, 2.24) is 0 Å². The van der Waals surface area contributed by atoms with E-state index in [-0.39, 0.29) is 16.7 Å². The van der Waals surface area contributed by atoms with Gasteiger partial charge in [-0.25, -0.2) is 0 Å². The molecule has 0 radical (unpaired) electrons. The van der Waals surface area contributed by atoms with Crippen molar-refractivity contribution in [2.75, 3.05) is 0 Å². The lowest BCUT2D eigenvalue weighted by atomic mass is 9.99. The lowest BCUT2D eigenvalue weighted by Crippen LogP contribution is -2.14. The van der Waals surface area contributed by atoms with Crippen LogP contribution >= 0.6 is 11.8 Å². The van der Waals surface area contributed by atoms with E-state index >= 15 is 0 Å². The van der Waals surface area contributed by atoms with Crippen molar-refractivity contribution in [3.63, 3.8) is 0 Å². The summed E-state index contributed by atoms with van der Waals surface area (Å²) in [5.74, 6) is -0.0446. The third-order valence-electron chi connectivity index (χ3n) is 3.25. The van der Waals surface area contributed by atoms with Crippen LogP contribution in [-0.4, -0.2) is 11.4 Å². The number of allylic oxidation sites excluding steroid dienone is 3. The van der Waals surface area contributed by atoms with E-state index in [2.05, 4.69) is 0 Å². The Hall–Kier alpha value is -1.16. The molecule has 1 aromatic carbocycles. The second-order valence-electron chi connectivity index (χ2n) is 4.49. The van der Waals surface area contributed by atoms with Crippen molar-refractivity contribution in [2.45, 2.75) is 17.8 Å². The SMILES string of the molecule is FC(F)(F)/C(=C1\S[C@@H]2C=C[C@H]1C2)c1ccccc1. The minimum atomic E-state index is -4.29. The molecule has 0 N–H and O–H groups in total. The molecular formula is C14H11F3S. The van der Waals surface area contributed by atoms with Gasteiger partial charge in [0, 0.05) is 16.1 Å². The van der Waals surface area contributed by atoms with Crippen LogP contribution in [0.1, 0.15) is 12.0 Å². The van der Waals surface area contributed by atoms with Gasteiger partial charge in [-0.1, -0.05) is 42.5 Å². The molecule has 0 amide bonds. The number of thioether (sulfide) groups is 1. The summed E-state index contributed by atoms with van der Waals surface area (Å²) in [5.41, 5.74) is -0.182. The highest BCUT2D eigenvalue weighted by molar-refractivity contribution is 8.04. The summed E-state index contributed by atoms with van der Waals surface area (Å²) in [4.78, 5) is 0.487. The van der Waals surface area contributed by atoms with Gasteiger partial charge < -0.3 is 0 Å². The molecule has 0 nitrogen and oxygen atoms in total. The first kappa shape index (κ1) is 11.9. The van der Waals surface area contributed by atoms with Gasteiger partial charge in [-0.3, -0.25) is 0 Å². The number of rotatable bonds is 1. The third kappa shape index (κ3) is 1.99. The van der Waals surface area contributed by atoms with E-state index < -0.39 is 11.7 Å². The predicted octanol–water partition coefficient (Wildman–Crippen LogP) is 4.65. The van der Waals surface area contributed by atoms with Crippen LogP contribution in [0.2, 0.25) is 0 Å². The van der Waals surface area contributed by atoms with E-state index in [0.717, 1.165) is 6.42 Å². The van der Waals surface area contributed by atoms with Crippen molar-refractivity contribution in [3.8, 4) is 0 Å². The standard InChI is InChI=1S/C14H11F3S/c15-14(16,17)12(9-4-2-1-3-5-9)13-10-6-7-11(8-10)18-13/h1-7,10-11H,8H2/b13-12-/t10-,11+/m0/s1. The number of halogens is 3. The summed E-state index contributed by atoms with van der Waals surface area (Å²) in [6.45, 7) is 0. The highest BCUT2D eigenvalue weighted by Crippen LogP contribution is 2.53. The number of hydrogen-bond acceptors (Lipinski definition) is 1. The minimum absolute atomic E-state index is 0.0446. The molecule has 1 saturated heterocycles. The summed E-state index contributed by atoms with van der Waals surface area (Å²) in [5, 5.41) is 0.228. The molecule has 2 atom stereocenters. The molecule has 0 saturated carbocycles.